The summed E-state index contributed by atoms with van der Waals surface area (Å²) in [5, 5.41) is 14.1. The topological polar surface area (TPSA) is 72.9 Å². The van der Waals surface area contributed by atoms with Gasteiger partial charge in [0.15, 0.2) is 11.5 Å². The largest absolute Gasteiger partial charge is 0.503 e. The molecule has 0 bridgehead atoms. The molecule has 1 fully saturated rings. The lowest BCUT2D eigenvalue weighted by Crippen LogP contribution is -2.47. The van der Waals surface area contributed by atoms with Gasteiger partial charge < -0.3 is 15.3 Å². The number of hydrogen-bond donors (Lipinski definition) is 2. The minimum absolute atomic E-state index is 0.160. The summed E-state index contributed by atoms with van der Waals surface area (Å²) in [5.74, 6) is -1.22. The fourth-order valence-electron chi connectivity index (χ4n) is 3.42. The summed E-state index contributed by atoms with van der Waals surface area (Å²) in [6.45, 7) is 6.23. The predicted molar refractivity (Wildman–Crippen MR) is 95.6 cm³/mol. The molecule has 6 nitrogen and oxygen atoms in total. The lowest BCUT2D eigenvalue weighted by atomic mass is 9.97. The Morgan fingerprint density at radius 2 is 1.88 bits per heavy atom. The van der Waals surface area contributed by atoms with Crippen LogP contribution < -0.4 is 5.32 Å². The van der Waals surface area contributed by atoms with Crippen molar-refractivity contribution in [2.24, 2.45) is 0 Å². The SMILES string of the molecule is CC(=O)C1=C(O)C(=O)N(CCN2CCNCC2)[C@H]1c1ccc(Cl)cc1. The Morgan fingerprint density at radius 1 is 1.24 bits per heavy atom. The van der Waals surface area contributed by atoms with Crippen molar-refractivity contribution in [3.63, 3.8) is 0 Å². The number of carbonyl (C=O) groups excluding carboxylic acids is 2. The molecule has 1 saturated heterocycles. The van der Waals surface area contributed by atoms with Gasteiger partial charge in [-0.3, -0.25) is 14.5 Å². The minimum Gasteiger partial charge on any atom is -0.503 e. The number of piperazine rings is 1. The van der Waals surface area contributed by atoms with Gasteiger partial charge in [0.1, 0.15) is 0 Å². The molecule has 0 aliphatic carbocycles. The number of aliphatic hydroxyl groups excluding tert-OH is 1. The van der Waals surface area contributed by atoms with E-state index in [9.17, 15) is 14.7 Å². The van der Waals surface area contributed by atoms with Crippen LogP contribution in [0.1, 0.15) is 18.5 Å². The van der Waals surface area contributed by atoms with Crippen LogP contribution in [0.4, 0.5) is 0 Å². The molecule has 2 aliphatic rings. The lowest BCUT2D eigenvalue weighted by Gasteiger charge is -2.32. The molecule has 0 spiro atoms. The van der Waals surface area contributed by atoms with Crippen LogP contribution in [-0.4, -0.2) is 65.9 Å². The summed E-state index contributed by atoms with van der Waals surface area (Å²) >= 11 is 5.95. The van der Waals surface area contributed by atoms with Gasteiger partial charge >= 0.3 is 0 Å². The van der Waals surface area contributed by atoms with Crippen LogP contribution in [0.15, 0.2) is 35.6 Å². The normalized spacial score (nSPS) is 21.9. The smallest absolute Gasteiger partial charge is 0.290 e. The van der Waals surface area contributed by atoms with E-state index in [0.717, 1.165) is 31.7 Å². The molecule has 134 valence electrons. The number of ketones is 1. The molecule has 0 unspecified atom stereocenters. The first-order valence-corrected chi connectivity index (χ1v) is 8.80. The van der Waals surface area contributed by atoms with Gasteiger partial charge in [-0.2, -0.15) is 0 Å². The Kier molecular flexibility index (Phi) is 5.42. The molecule has 2 heterocycles. The summed E-state index contributed by atoms with van der Waals surface area (Å²) in [6, 6.07) is 6.47. The number of benzene rings is 1. The van der Waals surface area contributed by atoms with E-state index >= 15 is 0 Å². The van der Waals surface area contributed by atoms with Crippen LogP contribution in [0, 0.1) is 0 Å². The molecule has 1 aromatic rings. The van der Waals surface area contributed by atoms with E-state index in [4.69, 9.17) is 11.6 Å². The van der Waals surface area contributed by atoms with Crippen molar-refractivity contribution in [2.45, 2.75) is 13.0 Å². The van der Waals surface area contributed by atoms with Crippen molar-refractivity contribution in [3.8, 4) is 0 Å². The monoisotopic (exact) mass is 363 g/mol. The highest BCUT2D eigenvalue weighted by atomic mass is 35.5. The number of rotatable bonds is 5. The zero-order valence-corrected chi connectivity index (χ0v) is 14.9. The van der Waals surface area contributed by atoms with Crippen LogP contribution >= 0.6 is 11.6 Å². The Balaban J connectivity index is 1.85. The second-order valence-corrected chi connectivity index (χ2v) is 6.80. The highest BCUT2D eigenvalue weighted by Gasteiger charge is 2.42. The highest BCUT2D eigenvalue weighted by Crippen LogP contribution is 2.37. The molecule has 2 aliphatic heterocycles. The number of hydrogen-bond acceptors (Lipinski definition) is 5. The lowest BCUT2D eigenvalue weighted by molar-refractivity contribution is -0.129. The van der Waals surface area contributed by atoms with Crippen molar-refractivity contribution in [3.05, 3.63) is 46.2 Å². The fourth-order valence-corrected chi connectivity index (χ4v) is 3.55. The molecule has 0 saturated carbocycles. The quantitative estimate of drug-likeness (QED) is 0.830. The van der Waals surface area contributed by atoms with Crippen LogP contribution in [-0.2, 0) is 9.59 Å². The number of halogens is 1. The molecule has 1 amide bonds. The summed E-state index contributed by atoms with van der Waals surface area (Å²) in [6.07, 6.45) is 0. The maximum Gasteiger partial charge on any atom is 0.290 e. The van der Waals surface area contributed by atoms with Crippen LogP contribution in [0.2, 0.25) is 5.02 Å². The first-order chi connectivity index (χ1) is 12.0. The zero-order valence-electron chi connectivity index (χ0n) is 14.2. The van der Waals surface area contributed by atoms with Gasteiger partial charge in [0.05, 0.1) is 11.6 Å². The molecular formula is C18H22ClN3O3. The van der Waals surface area contributed by atoms with E-state index in [2.05, 4.69) is 10.2 Å². The summed E-state index contributed by atoms with van der Waals surface area (Å²) < 4.78 is 0. The third-order valence-corrected chi connectivity index (χ3v) is 4.99. The highest BCUT2D eigenvalue weighted by molar-refractivity contribution is 6.30. The molecule has 7 heteroatoms. The number of nitrogens with zero attached hydrogens (tertiary/aromatic N) is 2. The van der Waals surface area contributed by atoms with E-state index in [1.54, 1.807) is 29.2 Å². The Bertz CT molecular complexity index is 696. The molecule has 25 heavy (non-hydrogen) atoms. The van der Waals surface area contributed by atoms with Gasteiger partial charge in [0.2, 0.25) is 0 Å². The van der Waals surface area contributed by atoms with Gasteiger partial charge in [0, 0.05) is 44.3 Å². The van der Waals surface area contributed by atoms with Gasteiger partial charge in [-0.25, -0.2) is 0 Å². The molecular weight excluding hydrogens is 342 g/mol. The van der Waals surface area contributed by atoms with Gasteiger partial charge in [0.25, 0.3) is 5.91 Å². The standard InChI is InChI=1S/C18H22ClN3O3/c1-12(23)15-16(13-2-4-14(19)5-3-13)22(18(25)17(15)24)11-10-21-8-6-20-7-9-21/h2-5,16,20,24H,6-11H2,1H3/t16-/m0/s1. The molecule has 0 radical (unpaired) electrons. The van der Waals surface area contributed by atoms with Crippen molar-refractivity contribution in [2.75, 3.05) is 39.3 Å². The van der Waals surface area contributed by atoms with Crippen molar-refractivity contribution >= 4 is 23.3 Å². The maximum absolute atomic E-state index is 12.6. The van der Waals surface area contributed by atoms with Gasteiger partial charge in [-0.15, -0.1) is 0 Å². The average Bonchev–Trinajstić information content (AvgIpc) is 2.86. The molecule has 2 N–H and O–H groups in total. The molecule has 3 rings (SSSR count). The van der Waals surface area contributed by atoms with Crippen LogP contribution in [0.5, 0.6) is 0 Å². The number of amides is 1. The van der Waals surface area contributed by atoms with E-state index in [-0.39, 0.29) is 11.4 Å². The first kappa shape index (κ1) is 17.9. The second kappa shape index (κ2) is 7.56. The third kappa shape index (κ3) is 3.71. The van der Waals surface area contributed by atoms with E-state index < -0.39 is 17.7 Å². The number of Topliss-reactive ketones (excluding diaryl/α,β-unsaturated/α-hetero) is 1. The summed E-state index contributed by atoms with van der Waals surface area (Å²) in [4.78, 5) is 28.5. The van der Waals surface area contributed by atoms with Gasteiger partial charge in [-0.05, 0) is 24.6 Å². The fraction of sp³-hybridized carbons (Fsp3) is 0.444. The van der Waals surface area contributed by atoms with Gasteiger partial charge in [-0.1, -0.05) is 23.7 Å². The second-order valence-electron chi connectivity index (χ2n) is 6.36. The van der Waals surface area contributed by atoms with Crippen molar-refractivity contribution in [1.82, 2.24) is 15.1 Å². The third-order valence-electron chi connectivity index (χ3n) is 4.74. The van der Waals surface area contributed by atoms with E-state index in [1.807, 2.05) is 0 Å². The Hall–Kier alpha value is -1.89. The predicted octanol–water partition coefficient (Wildman–Crippen LogP) is 1.53. The number of carbonyl (C=O) groups is 2. The Labute approximate surface area is 152 Å². The van der Waals surface area contributed by atoms with E-state index in [0.29, 0.717) is 18.1 Å². The zero-order chi connectivity index (χ0) is 18.0. The molecule has 1 aromatic carbocycles. The maximum atomic E-state index is 12.6. The number of aliphatic hydroxyl groups is 1. The molecule has 0 aromatic heterocycles. The average molecular weight is 364 g/mol. The van der Waals surface area contributed by atoms with Crippen LogP contribution in [0.3, 0.4) is 0 Å². The molecule has 1 atom stereocenters. The van der Waals surface area contributed by atoms with Crippen molar-refractivity contribution in [1.29, 1.82) is 0 Å². The Morgan fingerprint density at radius 3 is 2.48 bits per heavy atom. The first-order valence-electron chi connectivity index (χ1n) is 8.42. The van der Waals surface area contributed by atoms with Crippen molar-refractivity contribution < 1.29 is 14.7 Å². The summed E-state index contributed by atoms with van der Waals surface area (Å²) in [7, 11) is 0. The van der Waals surface area contributed by atoms with E-state index in [1.165, 1.54) is 6.92 Å². The summed E-state index contributed by atoms with van der Waals surface area (Å²) in [5.41, 5.74) is 0.931. The number of nitrogens with one attached hydrogen (secondary N) is 1. The van der Waals surface area contributed by atoms with Crippen LogP contribution in [0.25, 0.3) is 0 Å². The minimum atomic E-state index is -0.565.